The second-order valence-electron chi connectivity index (χ2n) is 17.9. The summed E-state index contributed by atoms with van der Waals surface area (Å²) in [6, 6.07) is 91.4. The van der Waals surface area contributed by atoms with Crippen LogP contribution in [0.4, 0.5) is 34.3 Å². The van der Waals surface area contributed by atoms with Crippen LogP contribution in [0.1, 0.15) is 0 Å². The van der Waals surface area contributed by atoms with E-state index >= 15 is 0 Å². The average Bonchev–Trinajstić information content (AvgIpc) is 3.49. The largest absolute Gasteiger partial charge is 0.306 e. The highest BCUT2D eigenvalue weighted by atomic mass is 15.3. The molecular formula is C66H44N8. The number of aromatic nitrogens is 6. The lowest BCUT2D eigenvalue weighted by Gasteiger charge is -2.40. The van der Waals surface area contributed by atoms with Crippen LogP contribution in [0.15, 0.2) is 267 Å². The molecule has 0 saturated carbocycles. The molecule has 3 aromatic heterocycles. The Bertz CT molecular complexity index is 3730. The highest BCUT2D eigenvalue weighted by molar-refractivity contribution is 6.04. The molecule has 0 radical (unpaired) electrons. The Morgan fingerprint density at radius 3 is 0.932 bits per heavy atom. The van der Waals surface area contributed by atoms with Crippen LogP contribution >= 0.6 is 0 Å². The first-order chi connectivity index (χ1) is 36.7. The van der Waals surface area contributed by atoms with E-state index in [1.54, 1.807) is 0 Å². The van der Waals surface area contributed by atoms with E-state index in [0.29, 0.717) is 17.5 Å². The highest BCUT2D eigenvalue weighted by Gasteiger charge is 2.33. The summed E-state index contributed by atoms with van der Waals surface area (Å²) in [6.07, 6.45) is 0. The van der Waals surface area contributed by atoms with E-state index in [-0.39, 0.29) is 0 Å². The number of anilines is 6. The second kappa shape index (κ2) is 19.2. The summed E-state index contributed by atoms with van der Waals surface area (Å²) in [5.41, 5.74) is 16.3. The van der Waals surface area contributed by atoms with Crippen molar-refractivity contribution < 1.29 is 0 Å². The fourth-order valence-electron chi connectivity index (χ4n) is 9.69. The zero-order valence-corrected chi connectivity index (χ0v) is 40.0. The van der Waals surface area contributed by atoms with E-state index < -0.39 is 0 Å². The summed E-state index contributed by atoms with van der Waals surface area (Å²) >= 11 is 0. The van der Waals surface area contributed by atoms with E-state index in [0.717, 1.165) is 107 Å². The third kappa shape index (κ3) is 8.42. The summed E-state index contributed by atoms with van der Waals surface area (Å²) in [4.78, 5) is 36.3. The van der Waals surface area contributed by atoms with Crippen LogP contribution in [0.25, 0.3) is 90.5 Å². The number of benzene rings is 9. The second-order valence-corrected chi connectivity index (χ2v) is 17.9. The SMILES string of the molecule is c1ccc(-c2cc(-c3ccc(N4c5ccccc5N(c5cc(-c6ccccc6)nc(-c6ccccc6)n5)c5ccccc54)c(-c4cc(-c5ccccc5)nc(-c5ccccc5)n4)c3)nc(-c3ccccc3)n2)cc1. The van der Waals surface area contributed by atoms with E-state index in [9.17, 15) is 0 Å². The minimum absolute atomic E-state index is 0.621. The number of hydrogen-bond donors (Lipinski definition) is 0. The third-order valence-electron chi connectivity index (χ3n) is 13.2. The summed E-state index contributed by atoms with van der Waals surface area (Å²) < 4.78 is 0. The van der Waals surface area contributed by atoms with Crippen molar-refractivity contribution in [3.05, 3.63) is 267 Å². The van der Waals surface area contributed by atoms with Crippen LogP contribution < -0.4 is 9.80 Å². The van der Waals surface area contributed by atoms with Crippen molar-refractivity contribution in [3.8, 4) is 90.5 Å². The fraction of sp³-hybridized carbons (Fsp3) is 0. The Balaban J connectivity index is 1.05. The van der Waals surface area contributed by atoms with Crippen LogP contribution in [0, 0.1) is 0 Å². The molecule has 9 aromatic carbocycles. The summed E-state index contributed by atoms with van der Waals surface area (Å²) in [6.45, 7) is 0. The van der Waals surface area contributed by atoms with Crippen molar-refractivity contribution in [2.24, 2.45) is 0 Å². The molecule has 74 heavy (non-hydrogen) atoms. The van der Waals surface area contributed by atoms with E-state index in [1.807, 2.05) is 109 Å². The molecule has 0 atom stereocenters. The Labute approximate surface area is 429 Å². The lowest BCUT2D eigenvalue weighted by atomic mass is 9.97. The maximum atomic E-state index is 5.47. The van der Waals surface area contributed by atoms with Crippen LogP contribution in [0.2, 0.25) is 0 Å². The topological polar surface area (TPSA) is 83.8 Å². The van der Waals surface area contributed by atoms with Crippen LogP contribution in [0.3, 0.4) is 0 Å². The number of nitrogens with zero attached hydrogens (tertiary/aromatic N) is 8. The Kier molecular flexibility index (Phi) is 11.4. The molecule has 0 aliphatic carbocycles. The molecule has 0 fully saturated rings. The summed E-state index contributed by atoms with van der Waals surface area (Å²) in [5, 5.41) is 0. The number of fused-ring (bicyclic) bond motifs is 2. The van der Waals surface area contributed by atoms with Gasteiger partial charge < -0.3 is 4.90 Å². The van der Waals surface area contributed by atoms with E-state index in [4.69, 9.17) is 29.9 Å². The van der Waals surface area contributed by atoms with Gasteiger partial charge in [0.05, 0.1) is 56.9 Å². The summed E-state index contributed by atoms with van der Waals surface area (Å²) in [7, 11) is 0. The molecule has 0 spiro atoms. The minimum Gasteiger partial charge on any atom is -0.306 e. The van der Waals surface area contributed by atoms with Gasteiger partial charge in [0.25, 0.3) is 0 Å². The molecule has 12 aromatic rings. The van der Waals surface area contributed by atoms with Crippen LogP contribution in [0.5, 0.6) is 0 Å². The van der Waals surface area contributed by atoms with Gasteiger partial charge in [0.1, 0.15) is 5.82 Å². The molecule has 8 nitrogen and oxygen atoms in total. The molecule has 8 heteroatoms. The first kappa shape index (κ1) is 43.8. The lowest BCUT2D eigenvalue weighted by Crippen LogP contribution is -2.25. The molecule has 0 bridgehead atoms. The van der Waals surface area contributed by atoms with Gasteiger partial charge in [0.2, 0.25) is 0 Å². The van der Waals surface area contributed by atoms with Gasteiger partial charge in [-0.2, -0.15) is 0 Å². The Hall–Kier alpha value is -10.2. The molecule has 0 N–H and O–H groups in total. The smallest absolute Gasteiger partial charge is 0.162 e. The van der Waals surface area contributed by atoms with Crippen LogP contribution in [-0.2, 0) is 0 Å². The molecule has 13 rings (SSSR count). The standard InChI is InChI=1S/C66H44N8/c1-7-23-45(24-8-1)53-42-55(69-64(67-53)48-29-13-4-14-30-48)51-39-40-58(52(41-51)57-43-54(46-25-9-2-10-26-46)68-65(71-57)49-31-15-5-16-32-49)73-59-35-19-21-37-61(59)74(62-38-22-20-36-60(62)73)63-44-56(47-27-11-3-12-28-47)70-66(72-63)50-33-17-6-18-34-50/h1-44H. The van der Waals surface area contributed by atoms with Crippen LogP contribution in [-0.4, -0.2) is 29.9 Å². The van der Waals surface area contributed by atoms with Gasteiger partial charge in [-0.15, -0.1) is 0 Å². The van der Waals surface area contributed by atoms with Gasteiger partial charge in [0, 0.05) is 50.6 Å². The van der Waals surface area contributed by atoms with E-state index in [2.05, 4.69) is 168 Å². The predicted octanol–water partition coefficient (Wildman–Crippen LogP) is 16.6. The zero-order chi connectivity index (χ0) is 49.2. The molecule has 348 valence electrons. The van der Waals surface area contributed by atoms with Gasteiger partial charge in [-0.3, -0.25) is 4.90 Å². The van der Waals surface area contributed by atoms with Crippen molar-refractivity contribution in [1.82, 2.24) is 29.9 Å². The molecule has 4 heterocycles. The normalized spacial score (nSPS) is 11.7. The number of para-hydroxylation sites is 4. The van der Waals surface area contributed by atoms with Gasteiger partial charge in [-0.05, 0) is 48.5 Å². The minimum atomic E-state index is 0.621. The van der Waals surface area contributed by atoms with Gasteiger partial charge in [0.15, 0.2) is 17.5 Å². The van der Waals surface area contributed by atoms with Crippen molar-refractivity contribution in [2.45, 2.75) is 0 Å². The highest BCUT2D eigenvalue weighted by Crippen LogP contribution is 2.56. The lowest BCUT2D eigenvalue weighted by molar-refractivity contribution is 1.09. The predicted molar refractivity (Wildman–Crippen MR) is 300 cm³/mol. The monoisotopic (exact) mass is 948 g/mol. The first-order valence-corrected chi connectivity index (χ1v) is 24.6. The number of hydrogen-bond acceptors (Lipinski definition) is 8. The maximum Gasteiger partial charge on any atom is 0.162 e. The molecule has 0 unspecified atom stereocenters. The maximum absolute atomic E-state index is 5.47. The Morgan fingerprint density at radius 2 is 0.514 bits per heavy atom. The first-order valence-electron chi connectivity index (χ1n) is 24.6. The van der Waals surface area contributed by atoms with Gasteiger partial charge in [-0.1, -0.05) is 212 Å². The van der Waals surface area contributed by atoms with Gasteiger partial charge >= 0.3 is 0 Å². The van der Waals surface area contributed by atoms with Crippen molar-refractivity contribution >= 4 is 34.3 Å². The summed E-state index contributed by atoms with van der Waals surface area (Å²) in [5.74, 6) is 2.65. The van der Waals surface area contributed by atoms with Gasteiger partial charge in [-0.25, -0.2) is 29.9 Å². The van der Waals surface area contributed by atoms with Crippen molar-refractivity contribution in [2.75, 3.05) is 9.80 Å². The molecular weight excluding hydrogens is 905 g/mol. The zero-order valence-electron chi connectivity index (χ0n) is 40.0. The molecule has 1 aliphatic heterocycles. The van der Waals surface area contributed by atoms with Crippen molar-refractivity contribution in [1.29, 1.82) is 0 Å². The third-order valence-corrected chi connectivity index (χ3v) is 13.2. The molecule has 0 amide bonds. The number of rotatable bonds is 10. The van der Waals surface area contributed by atoms with Crippen molar-refractivity contribution in [3.63, 3.8) is 0 Å². The molecule has 0 saturated heterocycles. The Morgan fingerprint density at radius 1 is 0.203 bits per heavy atom. The fourth-order valence-corrected chi connectivity index (χ4v) is 9.69. The molecule has 1 aliphatic rings. The quantitative estimate of drug-likeness (QED) is 0.134. The van der Waals surface area contributed by atoms with E-state index in [1.165, 1.54) is 0 Å². The average molecular weight is 949 g/mol.